The molecule has 2 aromatic carbocycles. The van der Waals surface area contributed by atoms with Crippen LogP contribution in [0, 0.1) is 5.82 Å². The van der Waals surface area contributed by atoms with Gasteiger partial charge in [-0.2, -0.15) is 0 Å². The molecule has 36 heavy (non-hydrogen) atoms. The molecule has 1 aromatic heterocycles. The number of ether oxygens (including phenoxy) is 2. The first kappa shape index (κ1) is 27.3. The van der Waals surface area contributed by atoms with E-state index in [-0.39, 0.29) is 5.82 Å². The smallest absolute Gasteiger partial charge is 0.159 e. The van der Waals surface area contributed by atoms with E-state index in [4.69, 9.17) is 9.47 Å². The van der Waals surface area contributed by atoms with Gasteiger partial charge >= 0.3 is 0 Å². The zero-order valence-electron chi connectivity index (χ0n) is 21.5. The van der Waals surface area contributed by atoms with Crippen LogP contribution >= 0.6 is 0 Å². The Morgan fingerprint density at radius 3 is 2.44 bits per heavy atom. The molecule has 5 heteroatoms. The predicted molar refractivity (Wildman–Crippen MR) is 146 cm³/mol. The summed E-state index contributed by atoms with van der Waals surface area (Å²) in [6.45, 7) is 9.22. The van der Waals surface area contributed by atoms with Crippen LogP contribution in [0.4, 0.5) is 4.39 Å². The van der Waals surface area contributed by atoms with Crippen LogP contribution in [0.25, 0.3) is 28.6 Å². The van der Waals surface area contributed by atoms with Gasteiger partial charge < -0.3 is 9.47 Å². The van der Waals surface area contributed by atoms with E-state index in [1.165, 1.54) is 12.8 Å². The Labute approximate surface area is 214 Å². The zero-order chi connectivity index (χ0) is 25.6. The highest BCUT2D eigenvalue weighted by molar-refractivity contribution is 5.69. The molecule has 1 heterocycles. The number of allylic oxidation sites excluding steroid dienone is 1. The molecule has 0 fully saturated rings. The summed E-state index contributed by atoms with van der Waals surface area (Å²) in [5.41, 5.74) is 3.10. The first-order valence-electron chi connectivity index (χ1n) is 12.8. The van der Waals surface area contributed by atoms with Crippen molar-refractivity contribution in [2.45, 2.75) is 58.5 Å². The highest BCUT2D eigenvalue weighted by Gasteiger charge is 2.08. The Balaban J connectivity index is 1.51. The number of aromatic nitrogens is 2. The standard InChI is InChI=1S/C31H37FN2O2/c1-4-6-10-20-35-24(3)11-8-7-9-12-25-13-18-29(30(32)21-25)26-14-16-27(17-15-26)31-33-22-28(23-34-31)36-19-5-2/h5,9,12-18,21-24H,2,4,6-8,10-11,19-20H2,1,3H3/b12-9+. The molecular weight excluding hydrogens is 451 g/mol. The summed E-state index contributed by atoms with van der Waals surface area (Å²) in [5.74, 6) is 0.942. The third-order valence-electron chi connectivity index (χ3n) is 5.89. The van der Waals surface area contributed by atoms with Crippen LogP contribution in [0.3, 0.4) is 0 Å². The predicted octanol–water partition coefficient (Wildman–Crippen LogP) is 8.29. The van der Waals surface area contributed by atoms with Crippen molar-refractivity contribution in [3.8, 4) is 28.3 Å². The first-order chi connectivity index (χ1) is 17.6. The van der Waals surface area contributed by atoms with Gasteiger partial charge in [0.05, 0.1) is 18.5 Å². The highest BCUT2D eigenvalue weighted by Crippen LogP contribution is 2.27. The molecule has 0 radical (unpaired) electrons. The lowest BCUT2D eigenvalue weighted by molar-refractivity contribution is 0.0566. The average molecular weight is 489 g/mol. The number of hydrogen-bond donors (Lipinski definition) is 0. The maximum absolute atomic E-state index is 14.9. The van der Waals surface area contributed by atoms with Crippen molar-refractivity contribution in [3.05, 3.63) is 85.0 Å². The van der Waals surface area contributed by atoms with E-state index in [0.717, 1.165) is 49.0 Å². The summed E-state index contributed by atoms with van der Waals surface area (Å²) in [6.07, 6.45) is 16.0. The molecule has 3 aromatic rings. The van der Waals surface area contributed by atoms with Crippen molar-refractivity contribution in [2.24, 2.45) is 0 Å². The summed E-state index contributed by atoms with van der Waals surface area (Å²) in [5, 5.41) is 0. The van der Waals surface area contributed by atoms with E-state index in [0.29, 0.717) is 29.8 Å². The van der Waals surface area contributed by atoms with Gasteiger partial charge in [0.2, 0.25) is 0 Å². The Morgan fingerprint density at radius 2 is 1.75 bits per heavy atom. The van der Waals surface area contributed by atoms with E-state index in [9.17, 15) is 4.39 Å². The maximum Gasteiger partial charge on any atom is 0.159 e. The molecule has 0 saturated heterocycles. The number of hydrogen-bond acceptors (Lipinski definition) is 4. The van der Waals surface area contributed by atoms with E-state index in [2.05, 4.69) is 36.5 Å². The molecule has 0 aliphatic carbocycles. The second kappa shape index (κ2) is 14.9. The van der Waals surface area contributed by atoms with Crippen molar-refractivity contribution in [1.82, 2.24) is 9.97 Å². The quantitative estimate of drug-likeness (QED) is 0.159. The van der Waals surface area contributed by atoms with Gasteiger partial charge in [0.15, 0.2) is 11.6 Å². The summed E-state index contributed by atoms with van der Waals surface area (Å²) in [4.78, 5) is 8.69. The summed E-state index contributed by atoms with van der Waals surface area (Å²) in [7, 11) is 0. The van der Waals surface area contributed by atoms with Gasteiger partial charge in [0, 0.05) is 17.7 Å². The topological polar surface area (TPSA) is 44.2 Å². The van der Waals surface area contributed by atoms with Crippen LogP contribution in [0.5, 0.6) is 5.75 Å². The molecule has 3 rings (SSSR count). The van der Waals surface area contributed by atoms with Gasteiger partial charge in [-0.1, -0.05) is 81.0 Å². The minimum atomic E-state index is -0.237. The van der Waals surface area contributed by atoms with Crippen LogP contribution in [0.15, 0.2) is 73.6 Å². The van der Waals surface area contributed by atoms with Gasteiger partial charge in [-0.3, -0.25) is 0 Å². The average Bonchev–Trinajstić information content (AvgIpc) is 2.90. The van der Waals surface area contributed by atoms with Crippen molar-refractivity contribution in [1.29, 1.82) is 0 Å². The monoisotopic (exact) mass is 488 g/mol. The molecule has 0 saturated carbocycles. The molecule has 0 bridgehead atoms. The summed E-state index contributed by atoms with van der Waals surface area (Å²) in [6, 6.07) is 12.9. The molecule has 0 aliphatic rings. The lowest BCUT2D eigenvalue weighted by Crippen LogP contribution is -2.08. The highest BCUT2D eigenvalue weighted by atomic mass is 19.1. The van der Waals surface area contributed by atoms with E-state index < -0.39 is 0 Å². The van der Waals surface area contributed by atoms with Crippen LogP contribution in [0.1, 0.15) is 57.9 Å². The first-order valence-corrected chi connectivity index (χ1v) is 12.8. The zero-order valence-corrected chi connectivity index (χ0v) is 21.5. The third kappa shape index (κ3) is 8.72. The van der Waals surface area contributed by atoms with Gasteiger partial charge in [-0.05, 0) is 49.8 Å². The van der Waals surface area contributed by atoms with Crippen molar-refractivity contribution >= 4 is 6.08 Å². The van der Waals surface area contributed by atoms with Crippen molar-refractivity contribution in [2.75, 3.05) is 13.2 Å². The summed E-state index contributed by atoms with van der Waals surface area (Å²) >= 11 is 0. The minimum Gasteiger partial charge on any atom is -0.486 e. The number of benzene rings is 2. The largest absolute Gasteiger partial charge is 0.486 e. The third-order valence-corrected chi connectivity index (χ3v) is 5.89. The fourth-order valence-corrected chi connectivity index (χ4v) is 3.83. The van der Waals surface area contributed by atoms with E-state index in [1.807, 2.05) is 42.5 Å². The van der Waals surface area contributed by atoms with E-state index in [1.54, 1.807) is 24.5 Å². The molecule has 0 N–H and O–H groups in total. The van der Waals surface area contributed by atoms with Crippen LogP contribution in [-0.2, 0) is 4.74 Å². The van der Waals surface area contributed by atoms with Crippen LogP contribution in [0.2, 0.25) is 0 Å². The lowest BCUT2D eigenvalue weighted by Gasteiger charge is -2.12. The lowest BCUT2D eigenvalue weighted by atomic mass is 10.0. The Bertz CT molecular complexity index is 1090. The molecule has 4 nitrogen and oxygen atoms in total. The van der Waals surface area contributed by atoms with Crippen LogP contribution < -0.4 is 4.74 Å². The fraction of sp³-hybridized carbons (Fsp3) is 0.355. The molecular formula is C31H37FN2O2. The number of rotatable bonds is 15. The van der Waals surface area contributed by atoms with Crippen molar-refractivity contribution < 1.29 is 13.9 Å². The molecule has 190 valence electrons. The van der Waals surface area contributed by atoms with Gasteiger partial charge in [-0.25, -0.2) is 14.4 Å². The normalized spacial score (nSPS) is 12.1. The fourth-order valence-electron chi connectivity index (χ4n) is 3.83. The van der Waals surface area contributed by atoms with Gasteiger partial charge in [0.25, 0.3) is 0 Å². The number of halogens is 1. The minimum absolute atomic E-state index is 0.237. The SMILES string of the molecule is C=CCOc1cnc(-c2ccc(-c3ccc(/C=C/CCCC(C)OCCCCC)cc3F)cc2)nc1. The van der Waals surface area contributed by atoms with Gasteiger partial charge in [0.1, 0.15) is 12.4 Å². The Morgan fingerprint density at radius 1 is 1.00 bits per heavy atom. The van der Waals surface area contributed by atoms with Crippen LogP contribution in [-0.4, -0.2) is 29.3 Å². The number of unbranched alkanes of at least 4 members (excludes halogenated alkanes) is 3. The second-order valence-corrected chi connectivity index (χ2v) is 8.88. The summed E-state index contributed by atoms with van der Waals surface area (Å²) < 4.78 is 26.1. The second-order valence-electron chi connectivity index (χ2n) is 8.88. The van der Waals surface area contributed by atoms with Crippen molar-refractivity contribution in [3.63, 3.8) is 0 Å². The Kier molecular flexibility index (Phi) is 11.3. The maximum atomic E-state index is 14.9. The molecule has 0 spiro atoms. The van der Waals surface area contributed by atoms with Gasteiger partial charge in [-0.15, -0.1) is 0 Å². The van der Waals surface area contributed by atoms with E-state index >= 15 is 0 Å². The Hall–Kier alpha value is -3.31. The molecule has 0 aliphatic heterocycles. The number of nitrogens with zero attached hydrogens (tertiary/aromatic N) is 2. The molecule has 0 amide bonds. The molecule has 1 unspecified atom stereocenters. The molecule has 1 atom stereocenters.